The van der Waals surface area contributed by atoms with Gasteiger partial charge in [-0.3, -0.25) is 4.98 Å². The van der Waals surface area contributed by atoms with Crippen LogP contribution in [0.2, 0.25) is 0 Å². The molecule has 0 spiro atoms. The summed E-state index contributed by atoms with van der Waals surface area (Å²) in [6.07, 6.45) is 1.41. The Bertz CT molecular complexity index is 822. The number of ether oxygens (including phenoxy) is 1. The molecule has 6 heteroatoms. The highest BCUT2D eigenvalue weighted by Crippen LogP contribution is 2.26. The van der Waals surface area contributed by atoms with Gasteiger partial charge in [-0.25, -0.2) is 13.2 Å². The third kappa shape index (κ3) is 3.36. The Labute approximate surface area is 130 Å². The number of hydrogen-bond acceptors (Lipinski definition) is 3. The maximum absolute atomic E-state index is 13.9. The van der Waals surface area contributed by atoms with Crippen molar-refractivity contribution in [2.75, 3.05) is 18.5 Å². The number of halogens is 3. The third-order valence-electron chi connectivity index (χ3n) is 3.29. The van der Waals surface area contributed by atoms with E-state index in [1.165, 1.54) is 30.5 Å². The maximum Gasteiger partial charge on any atom is 0.149 e. The van der Waals surface area contributed by atoms with Crippen LogP contribution < -0.4 is 10.1 Å². The highest BCUT2D eigenvalue weighted by Gasteiger charge is 2.11. The van der Waals surface area contributed by atoms with E-state index < -0.39 is 11.6 Å². The van der Waals surface area contributed by atoms with Gasteiger partial charge in [0, 0.05) is 18.4 Å². The van der Waals surface area contributed by atoms with Crippen LogP contribution in [0.5, 0.6) is 5.75 Å². The molecule has 0 aliphatic rings. The predicted octanol–water partition coefficient (Wildman–Crippen LogP) is 4.14. The molecule has 0 bridgehead atoms. The fourth-order valence-corrected chi connectivity index (χ4v) is 2.23. The summed E-state index contributed by atoms with van der Waals surface area (Å²) >= 11 is 0. The second-order valence-corrected chi connectivity index (χ2v) is 4.84. The number of nitrogens with zero attached hydrogens (tertiary/aromatic N) is 1. The van der Waals surface area contributed by atoms with Gasteiger partial charge < -0.3 is 10.1 Å². The summed E-state index contributed by atoms with van der Waals surface area (Å²) in [5.74, 6) is -0.926. The molecule has 118 valence electrons. The van der Waals surface area contributed by atoms with Crippen LogP contribution in [0.15, 0.2) is 48.7 Å². The summed E-state index contributed by atoms with van der Waals surface area (Å²) in [4.78, 5) is 3.86. The first-order valence-electron chi connectivity index (χ1n) is 7.00. The Morgan fingerprint density at radius 3 is 2.43 bits per heavy atom. The van der Waals surface area contributed by atoms with Crippen LogP contribution in [0, 0.1) is 17.5 Å². The Kier molecular flexibility index (Phi) is 4.32. The molecule has 0 atom stereocenters. The molecular formula is C17H13F3N2O. The summed E-state index contributed by atoms with van der Waals surface area (Å²) in [6.45, 7) is 0.652. The zero-order valence-electron chi connectivity index (χ0n) is 12.0. The summed E-state index contributed by atoms with van der Waals surface area (Å²) in [5, 5.41) is 3.10. The van der Waals surface area contributed by atoms with Crippen LogP contribution in [0.3, 0.4) is 0 Å². The van der Waals surface area contributed by atoms with Crippen molar-refractivity contribution in [1.82, 2.24) is 4.98 Å². The van der Waals surface area contributed by atoms with Crippen LogP contribution in [0.4, 0.5) is 18.9 Å². The molecule has 3 nitrogen and oxygen atoms in total. The van der Waals surface area contributed by atoms with Gasteiger partial charge in [0.15, 0.2) is 0 Å². The number of fused-ring (bicyclic) bond motifs is 1. The quantitative estimate of drug-likeness (QED) is 0.718. The lowest BCUT2D eigenvalue weighted by Gasteiger charge is -2.11. The van der Waals surface area contributed by atoms with Crippen molar-refractivity contribution in [1.29, 1.82) is 0 Å². The van der Waals surface area contributed by atoms with Crippen molar-refractivity contribution >= 4 is 16.6 Å². The van der Waals surface area contributed by atoms with Gasteiger partial charge in [-0.05, 0) is 42.5 Å². The topological polar surface area (TPSA) is 34.1 Å². The summed E-state index contributed by atoms with van der Waals surface area (Å²) in [6, 6.07) is 9.33. The first-order chi connectivity index (χ1) is 11.1. The molecule has 0 aliphatic heterocycles. The Balaban J connectivity index is 1.68. The van der Waals surface area contributed by atoms with E-state index in [2.05, 4.69) is 10.3 Å². The maximum atomic E-state index is 13.9. The van der Waals surface area contributed by atoms with E-state index in [0.29, 0.717) is 18.0 Å². The third-order valence-corrected chi connectivity index (χ3v) is 3.29. The fraction of sp³-hybridized carbons (Fsp3) is 0.118. The number of anilines is 1. The molecule has 0 radical (unpaired) electrons. The Morgan fingerprint density at radius 2 is 1.65 bits per heavy atom. The van der Waals surface area contributed by atoms with Crippen molar-refractivity contribution in [2.45, 2.75) is 0 Å². The highest BCUT2D eigenvalue weighted by molar-refractivity contribution is 5.91. The van der Waals surface area contributed by atoms with Crippen molar-refractivity contribution in [3.63, 3.8) is 0 Å². The number of aromatic nitrogens is 1. The molecule has 1 N–H and O–H groups in total. The lowest BCUT2D eigenvalue weighted by Crippen LogP contribution is -2.12. The minimum Gasteiger partial charge on any atom is -0.492 e. The van der Waals surface area contributed by atoms with E-state index in [-0.39, 0.29) is 23.3 Å². The average molecular weight is 318 g/mol. The second kappa shape index (κ2) is 6.56. The van der Waals surface area contributed by atoms with Crippen molar-refractivity contribution in [3.8, 4) is 5.75 Å². The first-order valence-corrected chi connectivity index (χ1v) is 7.00. The lowest BCUT2D eigenvalue weighted by molar-refractivity contribution is 0.332. The molecule has 1 aromatic heterocycles. The van der Waals surface area contributed by atoms with Crippen molar-refractivity contribution < 1.29 is 17.9 Å². The molecule has 2 aromatic carbocycles. The van der Waals surface area contributed by atoms with Crippen molar-refractivity contribution in [3.05, 3.63) is 66.1 Å². The van der Waals surface area contributed by atoms with Crippen molar-refractivity contribution in [2.24, 2.45) is 0 Å². The number of pyridine rings is 1. The van der Waals surface area contributed by atoms with Crippen LogP contribution in [-0.2, 0) is 0 Å². The van der Waals surface area contributed by atoms with E-state index in [4.69, 9.17) is 4.74 Å². The van der Waals surface area contributed by atoms with Gasteiger partial charge in [0.05, 0.1) is 5.39 Å². The normalized spacial score (nSPS) is 10.7. The van der Waals surface area contributed by atoms with Gasteiger partial charge in [0.1, 0.15) is 35.3 Å². The van der Waals surface area contributed by atoms with Crippen LogP contribution in [-0.4, -0.2) is 18.1 Å². The molecule has 0 unspecified atom stereocenters. The van der Waals surface area contributed by atoms with Gasteiger partial charge >= 0.3 is 0 Å². The first kappa shape index (κ1) is 15.1. The van der Waals surface area contributed by atoms with E-state index >= 15 is 0 Å². The van der Waals surface area contributed by atoms with Gasteiger partial charge in [0.25, 0.3) is 0 Å². The monoisotopic (exact) mass is 318 g/mol. The Morgan fingerprint density at radius 1 is 0.913 bits per heavy atom. The largest absolute Gasteiger partial charge is 0.492 e. The number of rotatable bonds is 5. The molecule has 0 amide bonds. The van der Waals surface area contributed by atoms with E-state index in [1.54, 1.807) is 6.07 Å². The molecule has 0 saturated carbocycles. The minimum absolute atomic E-state index is 0.0190. The highest BCUT2D eigenvalue weighted by atomic mass is 19.1. The zero-order chi connectivity index (χ0) is 16.2. The molecule has 0 aliphatic carbocycles. The summed E-state index contributed by atoms with van der Waals surface area (Å²) in [5.41, 5.74) is 0.421. The van der Waals surface area contributed by atoms with E-state index in [1.807, 2.05) is 0 Å². The molecule has 3 aromatic rings. The number of hydrogen-bond donors (Lipinski definition) is 1. The lowest BCUT2D eigenvalue weighted by atomic mass is 10.1. The zero-order valence-corrected chi connectivity index (χ0v) is 12.0. The SMILES string of the molecule is Fc1ccc(OCCNc2ccnc3c(F)ccc(F)c23)cc1. The summed E-state index contributed by atoms with van der Waals surface area (Å²) < 4.78 is 45.8. The molecule has 0 saturated heterocycles. The standard InChI is InChI=1S/C17H13F3N2O/c18-11-1-3-12(4-2-11)23-10-9-21-15-7-8-22-17-14(20)6-5-13(19)16(15)17/h1-8H,9-10H2,(H,21,22). The predicted molar refractivity (Wildman–Crippen MR) is 82.0 cm³/mol. The van der Waals surface area contributed by atoms with Gasteiger partial charge in [-0.2, -0.15) is 0 Å². The van der Waals surface area contributed by atoms with Gasteiger partial charge in [-0.1, -0.05) is 0 Å². The molecule has 0 fully saturated rings. The molecule has 23 heavy (non-hydrogen) atoms. The Hall–Kier alpha value is -2.76. The summed E-state index contributed by atoms with van der Waals surface area (Å²) in [7, 11) is 0. The number of benzene rings is 2. The molecule has 3 rings (SSSR count). The van der Waals surface area contributed by atoms with Crippen LogP contribution in [0.25, 0.3) is 10.9 Å². The van der Waals surface area contributed by atoms with E-state index in [0.717, 1.165) is 12.1 Å². The minimum atomic E-state index is -0.576. The number of nitrogens with one attached hydrogen (secondary N) is 1. The van der Waals surface area contributed by atoms with Crippen LogP contribution in [0.1, 0.15) is 0 Å². The second-order valence-electron chi connectivity index (χ2n) is 4.84. The smallest absolute Gasteiger partial charge is 0.149 e. The van der Waals surface area contributed by atoms with Crippen LogP contribution >= 0.6 is 0 Å². The van der Waals surface area contributed by atoms with E-state index in [9.17, 15) is 13.2 Å². The van der Waals surface area contributed by atoms with Gasteiger partial charge in [-0.15, -0.1) is 0 Å². The van der Waals surface area contributed by atoms with Gasteiger partial charge in [0.2, 0.25) is 0 Å². The molecular weight excluding hydrogens is 305 g/mol. The molecule has 1 heterocycles. The average Bonchev–Trinajstić information content (AvgIpc) is 2.57. The fourth-order valence-electron chi connectivity index (χ4n) is 2.23.